The fraction of sp³-hybridized carbons (Fsp3) is 0.0870. The van der Waals surface area contributed by atoms with Crippen molar-refractivity contribution in [3.63, 3.8) is 0 Å². The molecule has 146 valence electrons. The Kier molecular flexibility index (Phi) is 6.04. The van der Waals surface area contributed by atoms with Crippen LogP contribution in [0.5, 0.6) is 0 Å². The summed E-state index contributed by atoms with van der Waals surface area (Å²) in [6.07, 6.45) is 0. The second-order valence-corrected chi connectivity index (χ2v) is 6.66. The van der Waals surface area contributed by atoms with E-state index in [1.165, 1.54) is 0 Å². The van der Waals surface area contributed by atoms with Crippen molar-refractivity contribution in [2.75, 3.05) is 11.1 Å². The van der Waals surface area contributed by atoms with Gasteiger partial charge in [0.2, 0.25) is 0 Å². The summed E-state index contributed by atoms with van der Waals surface area (Å²) in [5, 5.41) is 6.95. The van der Waals surface area contributed by atoms with Crippen molar-refractivity contribution in [3.05, 3.63) is 95.1 Å². The highest BCUT2D eigenvalue weighted by Gasteiger charge is 2.08. The van der Waals surface area contributed by atoms with Gasteiger partial charge in [-0.25, -0.2) is 5.43 Å². The number of carbonyl (C=O) groups excluding carboxylic acids is 2. The van der Waals surface area contributed by atoms with Gasteiger partial charge in [0.05, 0.1) is 5.71 Å². The summed E-state index contributed by atoms with van der Waals surface area (Å²) >= 11 is 0. The van der Waals surface area contributed by atoms with E-state index >= 15 is 0 Å². The molecule has 3 aromatic rings. The summed E-state index contributed by atoms with van der Waals surface area (Å²) < 4.78 is 0. The zero-order chi connectivity index (χ0) is 20.8. The largest absolute Gasteiger partial charge is 0.399 e. The number of nitrogen functional groups attached to an aromatic ring is 1. The molecule has 0 fully saturated rings. The molecule has 6 nitrogen and oxygen atoms in total. The van der Waals surface area contributed by atoms with Crippen LogP contribution < -0.4 is 16.5 Å². The molecule has 0 spiro atoms. The normalized spacial score (nSPS) is 11.0. The zero-order valence-electron chi connectivity index (χ0n) is 16.3. The number of amides is 2. The summed E-state index contributed by atoms with van der Waals surface area (Å²) in [6.45, 7) is 3.73. The van der Waals surface area contributed by atoms with Gasteiger partial charge in [0, 0.05) is 22.5 Å². The van der Waals surface area contributed by atoms with Crippen LogP contribution in [-0.2, 0) is 0 Å². The van der Waals surface area contributed by atoms with E-state index in [0.29, 0.717) is 28.2 Å². The van der Waals surface area contributed by atoms with E-state index in [4.69, 9.17) is 5.73 Å². The monoisotopic (exact) mass is 386 g/mol. The van der Waals surface area contributed by atoms with Crippen LogP contribution in [0.3, 0.4) is 0 Å². The number of carbonyl (C=O) groups is 2. The van der Waals surface area contributed by atoms with Crippen LogP contribution in [0.1, 0.15) is 38.8 Å². The van der Waals surface area contributed by atoms with Crippen LogP contribution in [0.2, 0.25) is 0 Å². The Balaban J connectivity index is 1.62. The zero-order valence-corrected chi connectivity index (χ0v) is 16.3. The average molecular weight is 386 g/mol. The Hall–Kier alpha value is -3.93. The standard InChI is InChI=1S/C23H22N4O2/c1-15-4-3-5-19(14-15)22(28)25-21-12-8-18(9-13-21)23(29)27-26-16(2)17-6-10-20(24)11-7-17/h3-14H,24H2,1-2H3,(H,25,28)(H,27,29)/b26-16+. The summed E-state index contributed by atoms with van der Waals surface area (Å²) in [5.74, 6) is -0.536. The first-order valence-electron chi connectivity index (χ1n) is 9.11. The van der Waals surface area contributed by atoms with Crippen LogP contribution in [0, 0.1) is 6.92 Å². The van der Waals surface area contributed by atoms with E-state index in [-0.39, 0.29) is 11.8 Å². The summed E-state index contributed by atoms with van der Waals surface area (Å²) in [6, 6.07) is 21.2. The van der Waals surface area contributed by atoms with E-state index in [1.54, 1.807) is 49.4 Å². The number of aryl methyl sites for hydroxylation is 1. The van der Waals surface area contributed by atoms with Crippen molar-refractivity contribution < 1.29 is 9.59 Å². The minimum Gasteiger partial charge on any atom is -0.399 e. The van der Waals surface area contributed by atoms with Gasteiger partial charge < -0.3 is 11.1 Å². The Morgan fingerprint density at radius 2 is 1.48 bits per heavy atom. The van der Waals surface area contributed by atoms with Crippen molar-refractivity contribution in [1.29, 1.82) is 0 Å². The lowest BCUT2D eigenvalue weighted by Crippen LogP contribution is -2.19. The molecule has 0 aliphatic rings. The van der Waals surface area contributed by atoms with Gasteiger partial charge in [0.25, 0.3) is 11.8 Å². The number of anilines is 2. The molecule has 2 amide bonds. The number of hydrogen-bond donors (Lipinski definition) is 3. The van der Waals surface area contributed by atoms with Crippen molar-refractivity contribution in [2.24, 2.45) is 5.10 Å². The number of benzene rings is 3. The number of rotatable bonds is 5. The lowest BCUT2D eigenvalue weighted by atomic mass is 10.1. The highest BCUT2D eigenvalue weighted by atomic mass is 16.2. The molecule has 0 aliphatic heterocycles. The predicted octanol–water partition coefficient (Wildman–Crippen LogP) is 3.98. The van der Waals surface area contributed by atoms with Gasteiger partial charge in [-0.15, -0.1) is 0 Å². The van der Waals surface area contributed by atoms with Gasteiger partial charge in [-0.3, -0.25) is 9.59 Å². The molecule has 0 heterocycles. The second-order valence-electron chi connectivity index (χ2n) is 6.66. The lowest BCUT2D eigenvalue weighted by molar-refractivity contribution is 0.0954. The van der Waals surface area contributed by atoms with Crippen LogP contribution in [-0.4, -0.2) is 17.5 Å². The predicted molar refractivity (Wildman–Crippen MR) is 116 cm³/mol. The van der Waals surface area contributed by atoms with Gasteiger partial charge >= 0.3 is 0 Å². The summed E-state index contributed by atoms with van der Waals surface area (Å²) in [7, 11) is 0. The maximum Gasteiger partial charge on any atom is 0.271 e. The van der Waals surface area contributed by atoms with Gasteiger partial charge in [0.1, 0.15) is 0 Å². The number of hydrogen-bond acceptors (Lipinski definition) is 4. The highest BCUT2D eigenvalue weighted by molar-refractivity contribution is 6.05. The minimum atomic E-state index is -0.337. The Bertz CT molecular complexity index is 1050. The number of nitrogens with one attached hydrogen (secondary N) is 2. The highest BCUT2D eigenvalue weighted by Crippen LogP contribution is 2.13. The maximum absolute atomic E-state index is 12.3. The number of nitrogens with zero attached hydrogens (tertiary/aromatic N) is 1. The summed E-state index contributed by atoms with van der Waals surface area (Å²) in [4.78, 5) is 24.6. The Morgan fingerprint density at radius 3 is 2.14 bits per heavy atom. The van der Waals surface area contributed by atoms with Crippen LogP contribution in [0.15, 0.2) is 77.9 Å². The molecule has 0 radical (unpaired) electrons. The molecule has 0 aromatic heterocycles. The van der Waals surface area contributed by atoms with Crippen molar-refractivity contribution in [2.45, 2.75) is 13.8 Å². The third-order valence-corrected chi connectivity index (χ3v) is 4.34. The van der Waals surface area contributed by atoms with E-state index in [9.17, 15) is 9.59 Å². The molecule has 3 rings (SSSR count). The van der Waals surface area contributed by atoms with Gasteiger partial charge in [-0.05, 0) is 67.9 Å². The van der Waals surface area contributed by atoms with Gasteiger partial charge in [-0.1, -0.05) is 29.8 Å². The third kappa shape index (κ3) is 5.29. The van der Waals surface area contributed by atoms with E-state index < -0.39 is 0 Å². The molecular formula is C23H22N4O2. The molecule has 0 bridgehead atoms. The smallest absolute Gasteiger partial charge is 0.271 e. The average Bonchev–Trinajstić information content (AvgIpc) is 2.73. The topological polar surface area (TPSA) is 96.6 Å². The molecule has 6 heteroatoms. The fourth-order valence-corrected chi connectivity index (χ4v) is 2.68. The Morgan fingerprint density at radius 1 is 0.828 bits per heavy atom. The van der Waals surface area contributed by atoms with Gasteiger partial charge in [-0.2, -0.15) is 5.10 Å². The third-order valence-electron chi connectivity index (χ3n) is 4.34. The van der Waals surface area contributed by atoms with Crippen molar-refractivity contribution >= 4 is 28.9 Å². The van der Waals surface area contributed by atoms with Crippen molar-refractivity contribution in [3.8, 4) is 0 Å². The van der Waals surface area contributed by atoms with Crippen LogP contribution in [0.25, 0.3) is 0 Å². The quantitative estimate of drug-likeness (QED) is 0.351. The first-order chi connectivity index (χ1) is 13.9. The first-order valence-corrected chi connectivity index (χ1v) is 9.11. The molecule has 0 saturated carbocycles. The molecule has 0 saturated heterocycles. The first kappa shape index (κ1) is 19.8. The van der Waals surface area contributed by atoms with Crippen LogP contribution in [0.4, 0.5) is 11.4 Å². The molecule has 29 heavy (non-hydrogen) atoms. The van der Waals surface area contributed by atoms with Crippen molar-refractivity contribution in [1.82, 2.24) is 5.43 Å². The minimum absolute atomic E-state index is 0.199. The van der Waals surface area contributed by atoms with Gasteiger partial charge in [0.15, 0.2) is 0 Å². The molecule has 3 aromatic carbocycles. The maximum atomic E-state index is 12.3. The molecule has 0 atom stereocenters. The number of hydrazone groups is 1. The second kappa shape index (κ2) is 8.84. The SMILES string of the molecule is C/C(=N\NC(=O)c1ccc(NC(=O)c2cccc(C)c2)cc1)c1ccc(N)cc1. The number of nitrogens with two attached hydrogens (primary N) is 1. The molecular weight excluding hydrogens is 364 g/mol. The molecule has 0 aliphatic carbocycles. The van der Waals surface area contributed by atoms with E-state index in [2.05, 4.69) is 15.8 Å². The summed E-state index contributed by atoms with van der Waals surface area (Å²) in [5.41, 5.74) is 13.0. The molecule has 4 N–H and O–H groups in total. The van der Waals surface area contributed by atoms with E-state index in [1.807, 2.05) is 37.3 Å². The lowest BCUT2D eigenvalue weighted by Gasteiger charge is -2.07. The van der Waals surface area contributed by atoms with Crippen LogP contribution >= 0.6 is 0 Å². The van der Waals surface area contributed by atoms with E-state index in [0.717, 1.165) is 11.1 Å². The fourth-order valence-electron chi connectivity index (χ4n) is 2.68. The Labute approximate surface area is 169 Å². The molecule has 0 unspecified atom stereocenters.